The molecule has 3 rings (SSSR count). The molecule has 148 valence electrons. The van der Waals surface area contributed by atoms with Crippen LogP contribution in [-0.4, -0.2) is 45.7 Å². The third-order valence-corrected chi connectivity index (χ3v) is 4.77. The molecule has 0 fully saturated rings. The first-order valence-electron chi connectivity index (χ1n) is 9.13. The van der Waals surface area contributed by atoms with Crippen molar-refractivity contribution in [2.24, 2.45) is 0 Å². The molecule has 0 saturated heterocycles. The molecule has 6 heteroatoms. The molecule has 0 aliphatic rings. The van der Waals surface area contributed by atoms with E-state index in [1.165, 1.54) is 0 Å². The number of rotatable bonds is 8. The molecule has 1 aromatic heterocycles. The third-order valence-electron chi connectivity index (χ3n) is 4.77. The predicted octanol–water partition coefficient (Wildman–Crippen LogP) is 3.62. The number of nitrogens with one attached hydrogen (secondary N) is 1. The van der Waals surface area contributed by atoms with E-state index in [2.05, 4.69) is 10.2 Å². The van der Waals surface area contributed by atoms with Crippen molar-refractivity contribution in [2.75, 3.05) is 34.9 Å². The fourth-order valence-electron chi connectivity index (χ4n) is 3.26. The van der Waals surface area contributed by atoms with E-state index in [4.69, 9.17) is 13.9 Å². The van der Waals surface area contributed by atoms with Crippen molar-refractivity contribution < 1.29 is 18.7 Å². The number of furan rings is 1. The van der Waals surface area contributed by atoms with E-state index >= 15 is 0 Å². The zero-order valence-electron chi connectivity index (χ0n) is 16.7. The van der Waals surface area contributed by atoms with Gasteiger partial charge in [0.25, 0.3) is 5.91 Å². The van der Waals surface area contributed by atoms with Crippen molar-refractivity contribution in [3.8, 4) is 5.75 Å². The average molecular weight is 382 g/mol. The SMILES string of the molecule is COCc1c(C(=O)NCC(c2ccc(OC)cc2)N(C)C)oc2ccccc12. The second-order valence-electron chi connectivity index (χ2n) is 6.80. The van der Waals surface area contributed by atoms with Crippen LogP contribution < -0.4 is 10.1 Å². The number of benzene rings is 2. The fourth-order valence-corrected chi connectivity index (χ4v) is 3.26. The number of carbonyl (C=O) groups excluding carboxylic acids is 1. The molecule has 1 N–H and O–H groups in total. The number of para-hydroxylation sites is 1. The van der Waals surface area contributed by atoms with Gasteiger partial charge < -0.3 is 24.1 Å². The number of nitrogens with zero attached hydrogens (tertiary/aromatic N) is 1. The van der Waals surface area contributed by atoms with E-state index in [-0.39, 0.29) is 11.9 Å². The summed E-state index contributed by atoms with van der Waals surface area (Å²) in [4.78, 5) is 14.9. The first-order chi connectivity index (χ1) is 13.5. The molecule has 0 bridgehead atoms. The highest BCUT2D eigenvalue weighted by Gasteiger charge is 2.22. The van der Waals surface area contributed by atoms with Crippen LogP contribution in [0.25, 0.3) is 11.0 Å². The molecule has 0 spiro atoms. The number of methoxy groups -OCH3 is 2. The van der Waals surface area contributed by atoms with Gasteiger partial charge in [-0.25, -0.2) is 0 Å². The number of fused-ring (bicyclic) bond motifs is 1. The Labute approximate surface area is 165 Å². The van der Waals surface area contributed by atoms with Crippen molar-refractivity contribution in [2.45, 2.75) is 12.6 Å². The minimum absolute atomic E-state index is 0.0186. The van der Waals surface area contributed by atoms with Gasteiger partial charge in [0.05, 0.1) is 19.8 Å². The maximum atomic E-state index is 12.9. The standard InChI is InChI=1S/C22H26N2O4/c1-24(2)19(15-9-11-16(27-4)12-10-15)13-23-22(25)21-18(14-26-3)17-7-5-6-8-20(17)28-21/h5-12,19H,13-14H2,1-4H3,(H,23,25). The largest absolute Gasteiger partial charge is 0.497 e. The number of ether oxygens (including phenoxy) is 2. The van der Waals surface area contributed by atoms with Crippen LogP contribution in [0.1, 0.15) is 27.7 Å². The van der Waals surface area contributed by atoms with E-state index in [9.17, 15) is 4.79 Å². The van der Waals surface area contributed by atoms with Gasteiger partial charge in [-0.15, -0.1) is 0 Å². The van der Waals surface area contributed by atoms with E-state index in [1.54, 1.807) is 14.2 Å². The Morgan fingerprint density at radius 3 is 2.46 bits per heavy atom. The Hall–Kier alpha value is -2.83. The van der Waals surface area contributed by atoms with Crippen LogP contribution in [0.15, 0.2) is 52.9 Å². The smallest absolute Gasteiger partial charge is 0.287 e. The number of hydrogen-bond acceptors (Lipinski definition) is 5. The van der Waals surface area contributed by atoms with Crippen molar-refractivity contribution >= 4 is 16.9 Å². The van der Waals surface area contributed by atoms with Gasteiger partial charge in [-0.3, -0.25) is 4.79 Å². The average Bonchev–Trinajstić information content (AvgIpc) is 3.07. The summed E-state index contributed by atoms with van der Waals surface area (Å²) < 4.78 is 16.3. The Balaban J connectivity index is 1.79. The lowest BCUT2D eigenvalue weighted by molar-refractivity contribution is 0.0909. The molecular formula is C22H26N2O4. The number of carbonyl (C=O) groups is 1. The molecule has 0 radical (unpaired) electrons. The summed E-state index contributed by atoms with van der Waals surface area (Å²) in [5, 5.41) is 3.90. The number of hydrogen-bond donors (Lipinski definition) is 1. The molecule has 0 aliphatic carbocycles. The molecule has 28 heavy (non-hydrogen) atoms. The highest BCUT2D eigenvalue weighted by Crippen LogP contribution is 2.27. The van der Waals surface area contributed by atoms with E-state index in [1.807, 2.05) is 62.6 Å². The Bertz CT molecular complexity index is 931. The second-order valence-corrected chi connectivity index (χ2v) is 6.80. The van der Waals surface area contributed by atoms with Crippen LogP contribution >= 0.6 is 0 Å². The summed E-state index contributed by atoms with van der Waals surface area (Å²) >= 11 is 0. The minimum atomic E-state index is -0.247. The lowest BCUT2D eigenvalue weighted by Gasteiger charge is -2.25. The van der Waals surface area contributed by atoms with Gasteiger partial charge >= 0.3 is 0 Å². The van der Waals surface area contributed by atoms with Crippen LogP contribution in [-0.2, 0) is 11.3 Å². The van der Waals surface area contributed by atoms with Crippen LogP contribution in [0.5, 0.6) is 5.75 Å². The van der Waals surface area contributed by atoms with Gasteiger partial charge in [-0.1, -0.05) is 30.3 Å². The first-order valence-corrected chi connectivity index (χ1v) is 9.13. The van der Waals surface area contributed by atoms with Gasteiger partial charge in [0.1, 0.15) is 11.3 Å². The van der Waals surface area contributed by atoms with Gasteiger partial charge in [0.2, 0.25) is 0 Å². The topological polar surface area (TPSA) is 63.9 Å². The number of amides is 1. The molecule has 0 saturated carbocycles. The number of likely N-dealkylation sites (N-methyl/N-ethyl adjacent to an activating group) is 1. The zero-order valence-corrected chi connectivity index (χ0v) is 16.7. The van der Waals surface area contributed by atoms with E-state index in [0.29, 0.717) is 24.5 Å². The zero-order chi connectivity index (χ0) is 20.1. The van der Waals surface area contributed by atoms with Gasteiger partial charge in [0, 0.05) is 24.6 Å². The Morgan fingerprint density at radius 1 is 1.11 bits per heavy atom. The molecule has 2 aromatic carbocycles. The summed E-state index contributed by atoms with van der Waals surface area (Å²) in [6.45, 7) is 0.761. The predicted molar refractivity (Wildman–Crippen MR) is 109 cm³/mol. The van der Waals surface area contributed by atoms with E-state index < -0.39 is 0 Å². The van der Waals surface area contributed by atoms with Crippen LogP contribution in [0, 0.1) is 0 Å². The van der Waals surface area contributed by atoms with Crippen molar-refractivity contribution in [3.63, 3.8) is 0 Å². The van der Waals surface area contributed by atoms with Crippen molar-refractivity contribution in [1.29, 1.82) is 0 Å². The van der Waals surface area contributed by atoms with Gasteiger partial charge in [0.15, 0.2) is 5.76 Å². The summed E-state index contributed by atoms with van der Waals surface area (Å²) in [5.41, 5.74) is 2.54. The molecule has 3 aromatic rings. The van der Waals surface area contributed by atoms with Gasteiger partial charge in [-0.2, -0.15) is 0 Å². The quantitative estimate of drug-likeness (QED) is 0.645. The highest BCUT2D eigenvalue weighted by atomic mass is 16.5. The summed E-state index contributed by atoms with van der Waals surface area (Å²) in [7, 11) is 7.22. The summed E-state index contributed by atoms with van der Waals surface area (Å²) in [5.74, 6) is 0.857. The van der Waals surface area contributed by atoms with Crippen LogP contribution in [0.4, 0.5) is 0 Å². The maximum absolute atomic E-state index is 12.9. The van der Waals surface area contributed by atoms with E-state index in [0.717, 1.165) is 22.3 Å². The summed E-state index contributed by atoms with van der Waals surface area (Å²) in [6.07, 6.45) is 0. The fraction of sp³-hybridized carbons (Fsp3) is 0.318. The monoisotopic (exact) mass is 382 g/mol. The first kappa shape index (κ1) is 19.9. The highest BCUT2D eigenvalue weighted by molar-refractivity contribution is 5.99. The van der Waals surface area contributed by atoms with Crippen LogP contribution in [0.2, 0.25) is 0 Å². The second kappa shape index (κ2) is 8.91. The molecule has 1 atom stereocenters. The Morgan fingerprint density at radius 2 is 1.82 bits per heavy atom. The molecule has 0 aliphatic heterocycles. The van der Waals surface area contributed by atoms with Gasteiger partial charge in [-0.05, 0) is 37.9 Å². The lowest BCUT2D eigenvalue weighted by Crippen LogP contribution is -2.34. The molecule has 1 heterocycles. The van der Waals surface area contributed by atoms with Crippen LogP contribution in [0.3, 0.4) is 0 Å². The molecule has 6 nitrogen and oxygen atoms in total. The minimum Gasteiger partial charge on any atom is -0.497 e. The molecule has 1 unspecified atom stereocenters. The lowest BCUT2D eigenvalue weighted by atomic mass is 10.1. The third kappa shape index (κ3) is 4.18. The maximum Gasteiger partial charge on any atom is 0.287 e. The Kier molecular flexibility index (Phi) is 6.34. The molecule has 1 amide bonds. The van der Waals surface area contributed by atoms with Crippen molar-refractivity contribution in [3.05, 3.63) is 65.4 Å². The van der Waals surface area contributed by atoms with Crippen molar-refractivity contribution in [1.82, 2.24) is 10.2 Å². The summed E-state index contributed by atoms with van der Waals surface area (Å²) in [6, 6.07) is 15.5. The molecular weight excluding hydrogens is 356 g/mol. The normalized spacial score (nSPS) is 12.3.